The van der Waals surface area contributed by atoms with Gasteiger partial charge >= 0.3 is 5.97 Å². The maximum atomic E-state index is 11.6. The fraction of sp³-hybridized carbons (Fsp3) is 0.684. The molecule has 0 aliphatic rings. The Morgan fingerprint density at radius 3 is 2.32 bits per heavy atom. The van der Waals surface area contributed by atoms with Crippen molar-refractivity contribution < 1.29 is 14.5 Å². The molecule has 0 aromatic carbocycles. The van der Waals surface area contributed by atoms with E-state index in [9.17, 15) is 9.90 Å². The third-order valence-corrected chi connectivity index (χ3v) is 4.55. The predicted octanol–water partition coefficient (Wildman–Crippen LogP) is 4.52. The average molecular weight is 306 g/mol. The van der Waals surface area contributed by atoms with E-state index in [0.717, 1.165) is 30.5 Å². The minimum atomic E-state index is -0.697. The van der Waals surface area contributed by atoms with Gasteiger partial charge in [-0.3, -0.25) is 4.79 Å². The van der Waals surface area contributed by atoms with Gasteiger partial charge in [-0.1, -0.05) is 58.3 Å². The van der Waals surface area contributed by atoms with Gasteiger partial charge in [0, 0.05) is 18.6 Å². The first-order valence-electron chi connectivity index (χ1n) is 8.75. The first-order chi connectivity index (χ1) is 10.6. The van der Waals surface area contributed by atoms with Gasteiger partial charge in [0.05, 0.1) is 5.92 Å². The Labute approximate surface area is 135 Å². The number of hydrogen-bond donors (Lipinski definition) is 1. The summed E-state index contributed by atoms with van der Waals surface area (Å²) in [5, 5.41) is 9.53. The number of aromatic nitrogens is 1. The molecule has 22 heavy (non-hydrogen) atoms. The van der Waals surface area contributed by atoms with Gasteiger partial charge in [-0.15, -0.1) is 0 Å². The van der Waals surface area contributed by atoms with Crippen LogP contribution < -0.4 is 4.57 Å². The summed E-state index contributed by atoms with van der Waals surface area (Å²) in [5.41, 5.74) is 2.01. The summed E-state index contributed by atoms with van der Waals surface area (Å²) in [5.74, 6) is -1.07. The maximum absolute atomic E-state index is 11.6. The van der Waals surface area contributed by atoms with Crippen molar-refractivity contribution in [3.63, 3.8) is 0 Å². The van der Waals surface area contributed by atoms with Gasteiger partial charge in [-0.05, 0) is 12.5 Å². The van der Waals surface area contributed by atoms with Crippen LogP contribution in [-0.2, 0) is 11.8 Å². The number of carboxylic acids is 1. The largest absolute Gasteiger partial charge is 0.481 e. The molecule has 3 nitrogen and oxygen atoms in total. The first-order valence-corrected chi connectivity index (χ1v) is 8.75. The molecule has 0 aliphatic carbocycles. The summed E-state index contributed by atoms with van der Waals surface area (Å²) < 4.78 is 2.00. The minimum absolute atomic E-state index is 0.368. The van der Waals surface area contributed by atoms with Crippen LogP contribution in [-0.4, -0.2) is 11.1 Å². The fourth-order valence-electron chi connectivity index (χ4n) is 2.97. The Morgan fingerprint density at radius 1 is 1.14 bits per heavy atom. The molecule has 1 aromatic heterocycles. The zero-order valence-electron chi connectivity index (χ0n) is 14.5. The number of aliphatic carboxylic acids is 1. The second kappa shape index (κ2) is 10.4. The molecule has 0 fully saturated rings. The first kappa shape index (κ1) is 18.7. The summed E-state index contributed by atoms with van der Waals surface area (Å²) >= 11 is 0. The number of hydrogen-bond acceptors (Lipinski definition) is 1. The van der Waals surface area contributed by atoms with Gasteiger partial charge < -0.3 is 5.11 Å². The van der Waals surface area contributed by atoms with Crippen molar-refractivity contribution in [3.05, 3.63) is 29.6 Å². The summed E-state index contributed by atoms with van der Waals surface area (Å²) in [7, 11) is 1.97. The van der Waals surface area contributed by atoms with E-state index >= 15 is 0 Å². The summed E-state index contributed by atoms with van der Waals surface area (Å²) in [6, 6.07) is 3.89. The fourth-order valence-corrected chi connectivity index (χ4v) is 2.97. The standard InChI is InChI=1S/C19H31NO2/c1-4-5-6-7-8-9-10-11-13-18(19(21)22)17-14-12-15-20(3)16(17)2/h12,14-15,18H,4-11,13H2,1-3H3/p+1. The monoisotopic (exact) mass is 306 g/mol. The smallest absolute Gasteiger partial charge is 0.311 e. The van der Waals surface area contributed by atoms with Gasteiger partial charge in [0.15, 0.2) is 11.9 Å². The highest BCUT2D eigenvalue weighted by atomic mass is 16.4. The Balaban J connectivity index is 2.40. The lowest BCUT2D eigenvalue weighted by Crippen LogP contribution is -2.33. The molecule has 0 radical (unpaired) electrons. The lowest BCUT2D eigenvalue weighted by atomic mass is 9.92. The molecule has 1 unspecified atom stereocenters. The van der Waals surface area contributed by atoms with Gasteiger partial charge in [0.1, 0.15) is 7.05 Å². The van der Waals surface area contributed by atoms with Crippen LogP contribution in [0.3, 0.4) is 0 Å². The van der Waals surface area contributed by atoms with E-state index in [4.69, 9.17) is 0 Å². The Kier molecular flexibility index (Phi) is 8.79. The van der Waals surface area contributed by atoms with Gasteiger partial charge in [-0.2, -0.15) is 0 Å². The zero-order valence-corrected chi connectivity index (χ0v) is 14.5. The molecule has 1 heterocycles. The van der Waals surface area contributed by atoms with E-state index < -0.39 is 5.97 Å². The van der Waals surface area contributed by atoms with Crippen LogP contribution in [0.4, 0.5) is 0 Å². The number of carbonyl (C=O) groups is 1. The van der Waals surface area contributed by atoms with Crippen molar-refractivity contribution in [2.75, 3.05) is 0 Å². The molecular weight excluding hydrogens is 274 g/mol. The molecule has 1 rings (SSSR count). The summed E-state index contributed by atoms with van der Waals surface area (Å²) in [6.45, 7) is 4.23. The molecule has 0 bridgehead atoms. The van der Waals surface area contributed by atoms with Crippen molar-refractivity contribution in [2.45, 2.75) is 77.6 Å². The molecule has 0 spiro atoms. The molecule has 1 atom stereocenters. The van der Waals surface area contributed by atoms with Gasteiger partial charge in [0.2, 0.25) is 0 Å². The summed E-state index contributed by atoms with van der Waals surface area (Å²) in [4.78, 5) is 11.6. The lowest BCUT2D eigenvalue weighted by molar-refractivity contribution is -0.678. The number of unbranched alkanes of at least 4 members (excludes halogenated alkanes) is 7. The van der Waals surface area contributed by atoms with Gasteiger partial charge in [0.25, 0.3) is 0 Å². The number of pyridine rings is 1. The maximum Gasteiger partial charge on any atom is 0.311 e. The third kappa shape index (κ3) is 6.17. The molecule has 0 saturated carbocycles. The van der Waals surface area contributed by atoms with E-state index in [1.807, 2.05) is 36.9 Å². The summed E-state index contributed by atoms with van der Waals surface area (Å²) in [6.07, 6.45) is 12.7. The van der Waals surface area contributed by atoms with E-state index in [1.165, 1.54) is 38.5 Å². The molecule has 0 amide bonds. The quantitative estimate of drug-likeness (QED) is 0.482. The SMILES string of the molecule is CCCCCCCCCCC(C(=O)O)c1ccc[n+](C)c1C. The van der Waals surface area contributed by atoms with Crippen LogP contribution in [0.25, 0.3) is 0 Å². The van der Waals surface area contributed by atoms with Crippen molar-refractivity contribution in [1.82, 2.24) is 0 Å². The highest BCUT2D eigenvalue weighted by molar-refractivity contribution is 5.76. The topological polar surface area (TPSA) is 41.2 Å². The van der Waals surface area contributed by atoms with E-state index in [1.54, 1.807) is 0 Å². The molecule has 0 saturated heterocycles. The molecule has 0 aliphatic heterocycles. The van der Waals surface area contributed by atoms with E-state index in [2.05, 4.69) is 6.92 Å². The van der Waals surface area contributed by atoms with Crippen molar-refractivity contribution in [1.29, 1.82) is 0 Å². The molecule has 1 aromatic rings. The normalized spacial score (nSPS) is 12.3. The van der Waals surface area contributed by atoms with E-state index in [-0.39, 0.29) is 5.92 Å². The van der Waals surface area contributed by atoms with Crippen LogP contribution in [0.15, 0.2) is 18.3 Å². The number of nitrogens with zero attached hydrogens (tertiary/aromatic N) is 1. The van der Waals surface area contributed by atoms with Crippen LogP contribution in [0.5, 0.6) is 0 Å². The van der Waals surface area contributed by atoms with Crippen molar-refractivity contribution >= 4 is 5.97 Å². The van der Waals surface area contributed by atoms with Crippen LogP contribution in [0.2, 0.25) is 0 Å². The highest BCUT2D eigenvalue weighted by Crippen LogP contribution is 2.24. The lowest BCUT2D eigenvalue weighted by Gasteiger charge is -2.13. The Bertz CT molecular complexity index is 457. The number of aryl methyl sites for hydroxylation is 1. The number of rotatable bonds is 11. The average Bonchev–Trinajstić information content (AvgIpc) is 2.49. The Morgan fingerprint density at radius 2 is 1.73 bits per heavy atom. The number of carboxylic acid groups (broad SMARTS) is 1. The molecule has 124 valence electrons. The predicted molar refractivity (Wildman–Crippen MR) is 90.0 cm³/mol. The van der Waals surface area contributed by atoms with Crippen molar-refractivity contribution in [2.24, 2.45) is 7.05 Å². The second-order valence-corrected chi connectivity index (χ2v) is 6.31. The second-order valence-electron chi connectivity index (χ2n) is 6.31. The van der Waals surface area contributed by atoms with Gasteiger partial charge in [-0.25, -0.2) is 4.57 Å². The molecular formula is C19H32NO2+. The van der Waals surface area contributed by atoms with Crippen molar-refractivity contribution in [3.8, 4) is 0 Å². The minimum Gasteiger partial charge on any atom is -0.481 e. The Hall–Kier alpha value is -1.38. The van der Waals surface area contributed by atoms with Crippen LogP contribution >= 0.6 is 0 Å². The van der Waals surface area contributed by atoms with Crippen LogP contribution in [0.1, 0.15) is 81.9 Å². The highest BCUT2D eigenvalue weighted by Gasteiger charge is 2.24. The third-order valence-electron chi connectivity index (χ3n) is 4.55. The zero-order chi connectivity index (χ0) is 16.4. The molecule has 3 heteroatoms. The van der Waals surface area contributed by atoms with E-state index in [0.29, 0.717) is 0 Å². The van der Waals surface area contributed by atoms with Crippen LogP contribution in [0, 0.1) is 6.92 Å². The molecule has 1 N–H and O–H groups in total.